The van der Waals surface area contributed by atoms with E-state index in [2.05, 4.69) is 20.6 Å². The summed E-state index contributed by atoms with van der Waals surface area (Å²) in [6.07, 6.45) is 2.50. The topological polar surface area (TPSA) is 71.0 Å². The number of hydrogen-bond donors (Lipinski definition) is 2. The lowest BCUT2D eigenvalue weighted by atomic mass is 10.2. The molecule has 0 spiro atoms. The van der Waals surface area contributed by atoms with Crippen LogP contribution in [0.4, 0.5) is 14.5 Å². The third-order valence-electron chi connectivity index (χ3n) is 4.91. The maximum Gasteiger partial charge on any atom is 0.218 e. The third kappa shape index (κ3) is 7.44. The normalized spacial score (nSPS) is 15.9. The molecule has 176 valence electrons. The molecule has 2 N–H and O–H groups in total. The van der Waals surface area contributed by atoms with Crippen LogP contribution in [0.25, 0.3) is 0 Å². The van der Waals surface area contributed by atoms with Crippen LogP contribution in [0.1, 0.15) is 18.9 Å². The number of aromatic nitrogens is 1. The smallest absolute Gasteiger partial charge is 0.218 e. The van der Waals surface area contributed by atoms with Gasteiger partial charge in [-0.1, -0.05) is 6.07 Å². The highest BCUT2D eigenvalue weighted by atomic mass is 127. The molecular weight excluding hydrogens is 531 g/mol. The van der Waals surface area contributed by atoms with E-state index >= 15 is 0 Å². The standard InChI is InChI=1S/C22H29F2N5O2.HI/c1-3-25-22(27-14-16-5-4-9-26-21(16)31-12-11-30-2)28-18-8-10-29(15-18)20-7-6-17(23)13-19(20)24;/h4-7,9,13,18H,3,8,10-12,14-15H2,1-2H3,(H2,25,27,28);1H. The Labute approximate surface area is 204 Å². The fourth-order valence-corrected chi connectivity index (χ4v) is 3.41. The maximum absolute atomic E-state index is 14.1. The molecule has 1 aliphatic rings. The van der Waals surface area contributed by atoms with Gasteiger partial charge in [0, 0.05) is 50.6 Å². The summed E-state index contributed by atoms with van der Waals surface area (Å²) < 4.78 is 38.0. The average molecular weight is 561 g/mol. The van der Waals surface area contributed by atoms with Crippen molar-refractivity contribution in [3.05, 3.63) is 53.7 Å². The second kappa shape index (κ2) is 13.4. The molecule has 2 heterocycles. The fraction of sp³-hybridized carbons (Fsp3) is 0.455. The van der Waals surface area contributed by atoms with E-state index in [0.717, 1.165) is 18.1 Å². The number of nitrogens with one attached hydrogen (secondary N) is 2. The van der Waals surface area contributed by atoms with Gasteiger partial charge in [-0.15, -0.1) is 24.0 Å². The molecule has 0 amide bonds. The summed E-state index contributed by atoms with van der Waals surface area (Å²) in [5, 5.41) is 6.65. The highest BCUT2D eigenvalue weighted by molar-refractivity contribution is 14.0. The highest BCUT2D eigenvalue weighted by Gasteiger charge is 2.25. The summed E-state index contributed by atoms with van der Waals surface area (Å²) in [6.45, 7) is 5.28. The maximum atomic E-state index is 14.1. The van der Waals surface area contributed by atoms with E-state index in [1.165, 1.54) is 12.1 Å². The molecule has 3 rings (SSSR count). The first-order chi connectivity index (χ1) is 15.1. The lowest BCUT2D eigenvalue weighted by molar-refractivity contribution is 0.143. The summed E-state index contributed by atoms with van der Waals surface area (Å²) in [6, 6.07) is 7.55. The van der Waals surface area contributed by atoms with Crippen molar-refractivity contribution in [2.45, 2.75) is 25.9 Å². The molecule has 1 unspecified atom stereocenters. The summed E-state index contributed by atoms with van der Waals surface area (Å²) in [4.78, 5) is 10.9. The Hall–Kier alpha value is -2.21. The van der Waals surface area contributed by atoms with E-state index in [-0.39, 0.29) is 30.0 Å². The van der Waals surface area contributed by atoms with E-state index in [1.807, 2.05) is 24.0 Å². The Morgan fingerprint density at radius 2 is 2.12 bits per heavy atom. The Morgan fingerprint density at radius 1 is 1.28 bits per heavy atom. The van der Waals surface area contributed by atoms with E-state index in [1.54, 1.807) is 13.3 Å². The van der Waals surface area contributed by atoms with Crippen molar-refractivity contribution >= 4 is 35.6 Å². The third-order valence-corrected chi connectivity index (χ3v) is 4.91. The van der Waals surface area contributed by atoms with Gasteiger partial charge in [0.15, 0.2) is 5.96 Å². The second-order valence-corrected chi connectivity index (χ2v) is 7.18. The molecule has 0 saturated carbocycles. The van der Waals surface area contributed by atoms with Crippen molar-refractivity contribution < 1.29 is 18.3 Å². The highest BCUT2D eigenvalue weighted by Crippen LogP contribution is 2.24. The van der Waals surface area contributed by atoms with E-state index in [0.29, 0.717) is 56.9 Å². The first-order valence-corrected chi connectivity index (χ1v) is 10.4. The number of aliphatic imine (C=N–C) groups is 1. The van der Waals surface area contributed by atoms with Crippen molar-refractivity contribution in [2.75, 3.05) is 44.9 Å². The van der Waals surface area contributed by atoms with Crippen LogP contribution < -0.4 is 20.3 Å². The summed E-state index contributed by atoms with van der Waals surface area (Å²) >= 11 is 0. The van der Waals surface area contributed by atoms with Gasteiger partial charge < -0.3 is 25.0 Å². The van der Waals surface area contributed by atoms with Crippen molar-refractivity contribution in [1.29, 1.82) is 0 Å². The predicted octanol–water partition coefficient (Wildman–Crippen LogP) is 3.34. The van der Waals surface area contributed by atoms with Gasteiger partial charge in [0.1, 0.15) is 18.2 Å². The SMILES string of the molecule is CCNC(=NCc1cccnc1OCCOC)NC1CCN(c2ccc(F)cc2F)C1.I. The number of methoxy groups -OCH3 is 1. The minimum Gasteiger partial charge on any atom is -0.475 e. The lowest BCUT2D eigenvalue weighted by Crippen LogP contribution is -2.44. The number of hydrogen-bond acceptors (Lipinski definition) is 5. The van der Waals surface area contributed by atoms with Gasteiger partial charge in [-0.05, 0) is 31.5 Å². The molecule has 1 atom stereocenters. The molecule has 1 fully saturated rings. The molecule has 1 aromatic heterocycles. The zero-order chi connectivity index (χ0) is 22.1. The van der Waals surface area contributed by atoms with E-state index in [4.69, 9.17) is 9.47 Å². The summed E-state index contributed by atoms with van der Waals surface area (Å²) in [5.74, 6) is 0.0926. The first kappa shape index (κ1) is 26.0. The van der Waals surface area contributed by atoms with Crippen molar-refractivity contribution in [1.82, 2.24) is 15.6 Å². The van der Waals surface area contributed by atoms with Crippen LogP contribution in [-0.4, -0.2) is 56.9 Å². The van der Waals surface area contributed by atoms with Crippen LogP contribution in [0.15, 0.2) is 41.5 Å². The number of guanidine groups is 1. The van der Waals surface area contributed by atoms with Crippen LogP contribution in [0, 0.1) is 11.6 Å². The predicted molar refractivity (Wildman–Crippen MR) is 132 cm³/mol. The zero-order valence-corrected chi connectivity index (χ0v) is 20.6. The van der Waals surface area contributed by atoms with Gasteiger partial charge in [0.2, 0.25) is 5.88 Å². The van der Waals surface area contributed by atoms with Gasteiger partial charge in [-0.2, -0.15) is 0 Å². The monoisotopic (exact) mass is 561 g/mol. The average Bonchev–Trinajstić information content (AvgIpc) is 3.21. The van der Waals surface area contributed by atoms with Gasteiger partial charge in [-0.25, -0.2) is 18.8 Å². The van der Waals surface area contributed by atoms with Crippen molar-refractivity contribution in [3.8, 4) is 5.88 Å². The molecule has 1 aliphatic heterocycles. The second-order valence-electron chi connectivity index (χ2n) is 7.18. The van der Waals surface area contributed by atoms with E-state index in [9.17, 15) is 8.78 Å². The van der Waals surface area contributed by atoms with Gasteiger partial charge in [0.25, 0.3) is 0 Å². The fourth-order valence-electron chi connectivity index (χ4n) is 3.41. The van der Waals surface area contributed by atoms with Crippen LogP contribution in [-0.2, 0) is 11.3 Å². The molecule has 10 heteroatoms. The number of rotatable bonds is 9. The molecule has 32 heavy (non-hydrogen) atoms. The minimum atomic E-state index is -0.572. The molecular formula is C22H30F2IN5O2. The number of pyridine rings is 1. The molecule has 0 aliphatic carbocycles. The molecule has 2 aromatic rings. The van der Waals surface area contributed by atoms with Crippen LogP contribution >= 0.6 is 24.0 Å². The van der Waals surface area contributed by atoms with Gasteiger partial charge in [0.05, 0.1) is 18.8 Å². The van der Waals surface area contributed by atoms with E-state index < -0.39 is 11.6 Å². The summed E-state index contributed by atoms with van der Waals surface area (Å²) in [7, 11) is 1.62. The number of ether oxygens (including phenoxy) is 2. The zero-order valence-electron chi connectivity index (χ0n) is 18.3. The molecule has 0 bridgehead atoms. The Balaban J connectivity index is 0.00000363. The molecule has 7 nitrogen and oxygen atoms in total. The first-order valence-electron chi connectivity index (χ1n) is 10.4. The number of anilines is 1. The number of benzene rings is 1. The minimum absolute atomic E-state index is 0. The number of halogens is 3. The van der Waals surface area contributed by atoms with Crippen molar-refractivity contribution in [3.63, 3.8) is 0 Å². The van der Waals surface area contributed by atoms with Crippen LogP contribution in [0.3, 0.4) is 0 Å². The summed E-state index contributed by atoms with van der Waals surface area (Å²) in [5.41, 5.74) is 1.29. The Morgan fingerprint density at radius 3 is 2.88 bits per heavy atom. The lowest BCUT2D eigenvalue weighted by Gasteiger charge is -2.21. The number of nitrogens with zero attached hydrogens (tertiary/aromatic N) is 3. The Kier molecular flexibility index (Phi) is 10.9. The van der Waals surface area contributed by atoms with Crippen LogP contribution in [0.5, 0.6) is 5.88 Å². The molecule has 1 aromatic carbocycles. The molecule has 0 radical (unpaired) electrons. The molecule has 1 saturated heterocycles. The van der Waals surface area contributed by atoms with Gasteiger partial charge >= 0.3 is 0 Å². The Bertz CT molecular complexity index is 887. The largest absolute Gasteiger partial charge is 0.475 e. The van der Waals surface area contributed by atoms with Crippen molar-refractivity contribution in [2.24, 2.45) is 4.99 Å². The quantitative estimate of drug-likeness (QED) is 0.212. The van der Waals surface area contributed by atoms with Crippen LogP contribution in [0.2, 0.25) is 0 Å². The van der Waals surface area contributed by atoms with Gasteiger partial charge in [-0.3, -0.25) is 0 Å².